The van der Waals surface area contributed by atoms with Crippen LogP contribution in [0.1, 0.15) is 41.6 Å². The molecule has 1 saturated heterocycles. The summed E-state index contributed by atoms with van der Waals surface area (Å²) in [6.07, 6.45) is 3.58. The van der Waals surface area contributed by atoms with Crippen molar-refractivity contribution in [3.05, 3.63) is 83.7 Å². The van der Waals surface area contributed by atoms with Gasteiger partial charge in [-0.05, 0) is 55.2 Å². The fraction of sp³-hybridized carbons (Fsp3) is 0.333. The average molecular weight is 502 g/mol. The van der Waals surface area contributed by atoms with E-state index in [0.29, 0.717) is 22.7 Å². The number of nitrogens with zero attached hydrogens (tertiary/aromatic N) is 2. The highest BCUT2D eigenvalue weighted by molar-refractivity contribution is 6.05. The van der Waals surface area contributed by atoms with E-state index in [1.54, 1.807) is 18.1 Å². The molecule has 2 heterocycles. The third-order valence-electron chi connectivity index (χ3n) is 7.23. The van der Waals surface area contributed by atoms with Crippen molar-refractivity contribution in [1.29, 1.82) is 0 Å². The van der Waals surface area contributed by atoms with Crippen molar-refractivity contribution >= 4 is 28.8 Å². The van der Waals surface area contributed by atoms with E-state index < -0.39 is 11.7 Å². The molecule has 1 fully saturated rings. The number of carbonyl (C=O) groups excluding carboxylic acids is 2. The van der Waals surface area contributed by atoms with Gasteiger partial charge in [-0.15, -0.1) is 0 Å². The number of anilines is 3. The smallest absolute Gasteiger partial charge is 0.232 e. The van der Waals surface area contributed by atoms with E-state index in [1.165, 1.54) is 18.6 Å². The highest BCUT2D eigenvalue weighted by atomic mass is 19.1. The van der Waals surface area contributed by atoms with Crippen molar-refractivity contribution in [1.82, 2.24) is 0 Å². The van der Waals surface area contributed by atoms with Gasteiger partial charge in [0.1, 0.15) is 11.6 Å². The lowest BCUT2D eigenvalue weighted by Crippen LogP contribution is -2.37. The Balaban J connectivity index is 1.39. The number of hydrogen-bond donors (Lipinski definition) is 1. The predicted octanol–water partition coefficient (Wildman–Crippen LogP) is 5.67. The van der Waals surface area contributed by atoms with Gasteiger partial charge in [0.25, 0.3) is 0 Å². The largest absolute Gasteiger partial charge is 0.496 e. The molecule has 0 aromatic heterocycles. The van der Waals surface area contributed by atoms with E-state index in [9.17, 15) is 14.0 Å². The molecule has 0 aliphatic carbocycles. The maximum atomic E-state index is 14.2. The van der Waals surface area contributed by atoms with E-state index in [4.69, 9.17) is 4.74 Å². The van der Waals surface area contributed by atoms with Gasteiger partial charge in [0.15, 0.2) is 5.78 Å². The van der Waals surface area contributed by atoms with Crippen LogP contribution in [0.15, 0.2) is 66.7 Å². The molecule has 1 atom stereocenters. The lowest BCUT2D eigenvalue weighted by Gasteiger charge is -2.29. The SMILES string of the molecule is COc1cc(N2CCCCC2)ccc1C(=O)C[C@H]1CNc2ccc(F)cc2N(Cc2ccccc2)C1=O. The van der Waals surface area contributed by atoms with Crippen molar-refractivity contribution in [3.63, 3.8) is 0 Å². The van der Waals surface area contributed by atoms with Crippen LogP contribution < -0.4 is 19.9 Å². The topological polar surface area (TPSA) is 61.9 Å². The Kier molecular flexibility index (Phi) is 7.40. The van der Waals surface area contributed by atoms with E-state index in [-0.39, 0.29) is 31.2 Å². The molecule has 6 nitrogen and oxygen atoms in total. The molecular formula is C30H32FN3O3. The van der Waals surface area contributed by atoms with E-state index in [0.717, 1.165) is 37.2 Å². The standard InChI is InChI=1S/C30H32FN3O3/c1-37-29-18-24(33-14-6-3-7-15-33)11-12-25(29)28(35)16-22-19-32-26-13-10-23(31)17-27(26)34(30(22)36)20-21-8-4-2-5-9-21/h2,4-5,8-13,17-18,22,32H,3,6-7,14-16,19-20H2,1H3/t22-/m0/s1. The minimum absolute atomic E-state index is 0.0208. The first kappa shape index (κ1) is 24.8. The summed E-state index contributed by atoms with van der Waals surface area (Å²) < 4.78 is 19.8. The Labute approximate surface area is 217 Å². The minimum Gasteiger partial charge on any atom is -0.496 e. The quantitative estimate of drug-likeness (QED) is 0.423. The van der Waals surface area contributed by atoms with Gasteiger partial charge in [-0.1, -0.05) is 30.3 Å². The molecule has 2 aliphatic heterocycles. The lowest BCUT2D eigenvalue weighted by atomic mass is 9.95. The number of amides is 1. The van der Waals surface area contributed by atoms with Crippen LogP contribution in [-0.4, -0.2) is 38.4 Å². The zero-order valence-corrected chi connectivity index (χ0v) is 21.1. The zero-order valence-electron chi connectivity index (χ0n) is 21.1. The maximum Gasteiger partial charge on any atom is 0.232 e. The van der Waals surface area contributed by atoms with Crippen molar-refractivity contribution in [2.45, 2.75) is 32.2 Å². The molecular weight excluding hydrogens is 469 g/mol. The van der Waals surface area contributed by atoms with Gasteiger partial charge in [0.2, 0.25) is 5.91 Å². The van der Waals surface area contributed by atoms with Crippen LogP contribution in [0.2, 0.25) is 0 Å². The summed E-state index contributed by atoms with van der Waals surface area (Å²) in [6.45, 7) is 2.56. The molecule has 0 saturated carbocycles. The maximum absolute atomic E-state index is 14.2. The minimum atomic E-state index is -0.613. The van der Waals surface area contributed by atoms with Crippen molar-refractivity contribution in [2.24, 2.45) is 5.92 Å². The summed E-state index contributed by atoms with van der Waals surface area (Å²) in [6, 6.07) is 19.7. The Morgan fingerprint density at radius 3 is 2.57 bits per heavy atom. The van der Waals surface area contributed by atoms with Crippen molar-refractivity contribution in [3.8, 4) is 5.75 Å². The Morgan fingerprint density at radius 2 is 1.81 bits per heavy atom. The van der Waals surface area contributed by atoms with E-state index in [1.807, 2.05) is 48.5 Å². The third-order valence-corrected chi connectivity index (χ3v) is 7.23. The molecule has 0 radical (unpaired) electrons. The number of nitrogens with one attached hydrogen (secondary N) is 1. The first-order chi connectivity index (χ1) is 18.0. The zero-order chi connectivity index (χ0) is 25.8. The Bertz CT molecular complexity index is 1270. The van der Waals surface area contributed by atoms with Gasteiger partial charge in [-0.2, -0.15) is 0 Å². The monoisotopic (exact) mass is 501 g/mol. The fourth-order valence-electron chi connectivity index (χ4n) is 5.22. The molecule has 37 heavy (non-hydrogen) atoms. The second kappa shape index (κ2) is 11.0. The van der Waals surface area contributed by atoms with E-state index in [2.05, 4.69) is 10.2 Å². The summed E-state index contributed by atoms with van der Waals surface area (Å²) in [4.78, 5) is 31.2. The number of ether oxygens (including phenoxy) is 1. The average Bonchev–Trinajstić information content (AvgIpc) is 3.06. The van der Waals surface area contributed by atoms with Gasteiger partial charge < -0.3 is 19.9 Å². The summed E-state index contributed by atoms with van der Waals surface area (Å²) in [7, 11) is 1.57. The first-order valence-corrected chi connectivity index (χ1v) is 12.9. The molecule has 0 spiro atoms. The summed E-state index contributed by atoms with van der Waals surface area (Å²) in [5.74, 6) is -0.872. The normalized spacial score (nSPS) is 17.6. The van der Waals surface area contributed by atoms with Crippen LogP contribution in [0.5, 0.6) is 5.75 Å². The first-order valence-electron chi connectivity index (χ1n) is 12.9. The van der Waals surface area contributed by atoms with Gasteiger partial charge in [-0.25, -0.2) is 4.39 Å². The number of carbonyl (C=O) groups is 2. The number of fused-ring (bicyclic) bond motifs is 1. The molecule has 3 aromatic rings. The molecule has 7 heteroatoms. The lowest BCUT2D eigenvalue weighted by molar-refractivity contribution is -0.122. The summed E-state index contributed by atoms with van der Waals surface area (Å²) in [5, 5.41) is 3.27. The third kappa shape index (κ3) is 5.45. The molecule has 0 bridgehead atoms. The summed E-state index contributed by atoms with van der Waals surface area (Å²) in [5.41, 5.74) is 3.59. The number of methoxy groups -OCH3 is 1. The van der Waals surface area contributed by atoms with Crippen LogP contribution in [0.25, 0.3) is 0 Å². The molecule has 192 valence electrons. The van der Waals surface area contributed by atoms with Gasteiger partial charge in [0, 0.05) is 37.8 Å². The number of Topliss-reactive ketones (excluding diaryl/α,β-unsaturated/α-hetero) is 1. The predicted molar refractivity (Wildman–Crippen MR) is 144 cm³/mol. The number of hydrogen-bond acceptors (Lipinski definition) is 5. The number of ketones is 1. The van der Waals surface area contributed by atoms with E-state index >= 15 is 0 Å². The number of benzene rings is 3. The second-order valence-corrected chi connectivity index (χ2v) is 9.71. The van der Waals surface area contributed by atoms with Crippen LogP contribution >= 0.6 is 0 Å². The molecule has 2 aliphatic rings. The van der Waals surface area contributed by atoms with Gasteiger partial charge >= 0.3 is 0 Å². The van der Waals surface area contributed by atoms with Gasteiger partial charge in [0.05, 0.1) is 36.5 Å². The van der Waals surface area contributed by atoms with Crippen molar-refractivity contribution < 1.29 is 18.7 Å². The van der Waals surface area contributed by atoms with Crippen LogP contribution in [0.4, 0.5) is 21.5 Å². The number of rotatable bonds is 7. The van der Waals surface area contributed by atoms with Crippen LogP contribution in [-0.2, 0) is 11.3 Å². The molecule has 3 aromatic carbocycles. The van der Waals surface area contributed by atoms with Crippen LogP contribution in [0, 0.1) is 11.7 Å². The highest BCUT2D eigenvalue weighted by Crippen LogP contribution is 2.34. The molecule has 5 rings (SSSR count). The van der Waals surface area contributed by atoms with Crippen LogP contribution in [0.3, 0.4) is 0 Å². The summed E-state index contributed by atoms with van der Waals surface area (Å²) >= 11 is 0. The number of halogens is 1. The second-order valence-electron chi connectivity index (χ2n) is 9.71. The Morgan fingerprint density at radius 1 is 1.03 bits per heavy atom. The molecule has 1 amide bonds. The van der Waals surface area contributed by atoms with Gasteiger partial charge in [-0.3, -0.25) is 9.59 Å². The molecule has 1 N–H and O–H groups in total. The van der Waals surface area contributed by atoms with Crippen molar-refractivity contribution in [2.75, 3.05) is 41.9 Å². The molecule has 0 unspecified atom stereocenters. The Hall–Kier alpha value is -3.87. The number of piperidine rings is 1. The highest BCUT2D eigenvalue weighted by Gasteiger charge is 2.33. The fourth-order valence-corrected chi connectivity index (χ4v) is 5.22.